The van der Waals surface area contributed by atoms with Gasteiger partial charge >= 0.3 is 5.97 Å². The van der Waals surface area contributed by atoms with Crippen LogP contribution in [0.25, 0.3) is 0 Å². The Morgan fingerprint density at radius 2 is 2.06 bits per heavy atom. The van der Waals surface area contributed by atoms with Gasteiger partial charge in [-0.25, -0.2) is 8.42 Å². The molecule has 8 heteroatoms. The fourth-order valence-electron chi connectivity index (χ4n) is 1.40. The van der Waals surface area contributed by atoms with Gasteiger partial charge in [-0.2, -0.15) is 4.72 Å². The minimum absolute atomic E-state index is 0.0395. The Labute approximate surface area is 103 Å². The molecular formula is C10H11NO6S. The van der Waals surface area contributed by atoms with Crippen LogP contribution in [-0.2, 0) is 14.8 Å². The van der Waals surface area contributed by atoms with Gasteiger partial charge in [-0.1, -0.05) is 0 Å². The number of carbonyl (C=O) groups is 1. The average molecular weight is 273 g/mol. The Morgan fingerprint density at radius 3 is 2.72 bits per heavy atom. The second kappa shape index (κ2) is 4.46. The third-order valence-corrected chi connectivity index (χ3v) is 3.90. The van der Waals surface area contributed by atoms with Crippen molar-refractivity contribution in [2.75, 3.05) is 6.79 Å². The Balaban J connectivity index is 2.28. The first-order valence-electron chi connectivity index (χ1n) is 5.05. The summed E-state index contributed by atoms with van der Waals surface area (Å²) in [7, 11) is -3.89. The van der Waals surface area contributed by atoms with E-state index in [4.69, 9.17) is 14.6 Å². The normalized spacial score (nSPS) is 15.4. The summed E-state index contributed by atoms with van der Waals surface area (Å²) in [5, 5.41) is 8.68. The van der Waals surface area contributed by atoms with E-state index in [9.17, 15) is 13.2 Å². The summed E-state index contributed by atoms with van der Waals surface area (Å²) in [4.78, 5) is 10.6. The fraction of sp³-hybridized carbons (Fsp3) is 0.300. The number of carboxylic acids is 1. The first kappa shape index (κ1) is 12.7. The largest absolute Gasteiger partial charge is 0.480 e. The van der Waals surface area contributed by atoms with Crippen LogP contribution in [0.3, 0.4) is 0 Å². The second-order valence-corrected chi connectivity index (χ2v) is 5.41. The predicted molar refractivity (Wildman–Crippen MR) is 60.0 cm³/mol. The lowest BCUT2D eigenvalue weighted by molar-refractivity contribution is -0.138. The first-order valence-corrected chi connectivity index (χ1v) is 6.53. The summed E-state index contributed by atoms with van der Waals surface area (Å²) in [6, 6.07) is 2.87. The lowest BCUT2D eigenvalue weighted by Gasteiger charge is -2.10. The Hall–Kier alpha value is -1.80. The van der Waals surface area contributed by atoms with E-state index >= 15 is 0 Å². The summed E-state index contributed by atoms with van der Waals surface area (Å²) in [5.74, 6) is -0.472. The van der Waals surface area contributed by atoms with Crippen LogP contribution in [0, 0.1) is 0 Å². The molecule has 0 bridgehead atoms. The summed E-state index contributed by atoms with van der Waals surface area (Å²) in [5.41, 5.74) is 0. The van der Waals surface area contributed by atoms with E-state index in [2.05, 4.69) is 0 Å². The molecule has 1 heterocycles. The summed E-state index contributed by atoms with van der Waals surface area (Å²) >= 11 is 0. The number of hydrogen-bond donors (Lipinski definition) is 2. The average Bonchev–Trinajstić information content (AvgIpc) is 2.74. The highest BCUT2D eigenvalue weighted by Gasteiger charge is 2.24. The van der Waals surface area contributed by atoms with Crippen LogP contribution in [0.2, 0.25) is 0 Å². The Morgan fingerprint density at radius 1 is 1.39 bits per heavy atom. The number of nitrogens with one attached hydrogen (secondary N) is 1. The van der Waals surface area contributed by atoms with Gasteiger partial charge in [0.15, 0.2) is 11.5 Å². The zero-order chi connectivity index (χ0) is 13.3. The van der Waals surface area contributed by atoms with Gasteiger partial charge in [-0.05, 0) is 19.1 Å². The van der Waals surface area contributed by atoms with Crippen molar-refractivity contribution >= 4 is 16.0 Å². The predicted octanol–water partition coefficient (Wildman–Crippen LogP) is 0.167. The minimum Gasteiger partial charge on any atom is -0.480 e. The van der Waals surface area contributed by atoms with Crippen molar-refractivity contribution < 1.29 is 27.8 Å². The van der Waals surface area contributed by atoms with Crippen molar-refractivity contribution in [1.29, 1.82) is 0 Å². The SMILES string of the molecule is C[C@@H](NS(=O)(=O)c1ccc2c(c1)OCO2)C(=O)O. The maximum atomic E-state index is 11.9. The van der Waals surface area contributed by atoms with Crippen LogP contribution in [0.4, 0.5) is 0 Å². The lowest BCUT2D eigenvalue weighted by Crippen LogP contribution is -2.38. The quantitative estimate of drug-likeness (QED) is 0.810. The molecule has 7 nitrogen and oxygen atoms in total. The molecule has 0 amide bonds. The van der Waals surface area contributed by atoms with E-state index in [1.54, 1.807) is 0 Å². The van der Waals surface area contributed by atoms with Gasteiger partial charge in [0.05, 0.1) is 4.90 Å². The number of sulfonamides is 1. The number of rotatable bonds is 4. The molecule has 1 aliphatic heterocycles. The maximum absolute atomic E-state index is 11.9. The van der Waals surface area contributed by atoms with E-state index in [-0.39, 0.29) is 11.7 Å². The van der Waals surface area contributed by atoms with Gasteiger partial charge in [0, 0.05) is 6.07 Å². The molecule has 0 unspecified atom stereocenters. The second-order valence-electron chi connectivity index (χ2n) is 3.70. The monoisotopic (exact) mass is 273 g/mol. The zero-order valence-corrected chi connectivity index (χ0v) is 10.2. The molecule has 0 fully saturated rings. The van der Waals surface area contributed by atoms with E-state index in [0.717, 1.165) is 0 Å². The van der Waals surface area contributed by atoms with Crippen LogP contribution in [0.1, 0.15) is 6.92 Å². The molecule has 1 aliphatic rings. The summed E-state index contributed by atoms with van der Waals surface area (Å²) in [6.07, 6.45) is 0. The molecule has 98 valence electrons. The molecule has 2 N–H and O–H groups in total. The van der Waals surface area contributed by atoms with Crippen LogP contribution < -0.4 is 14.2 Å². The number of ether oxygens (including phenoxy) is 2. The van der Waals surface area contributed by atoms with E-state index in [1.165, 1.54) is 25.1 Å². The minimum atomic E-state index is -3.89. The highest BCUT2D eigenvalue weighted by atomic mass is 32.2. The van der Waals surface area contributed by atoms with Crippen molar-refractivity contribution in [2.24, 2.45) is 0 Å². The number of benzene rings is 1. The van der Waals surface area contributed by atoms with Gasteiger partial charge in [-0.3, -0.25) is 4.79 Å². The van der Waals surface area contributed by atoms with Crippen molar-refractivity contribution in [1.82, 2.24) is 4.72 Å². The van der Waals surface area contributed by atoms with Gasteiger partial charge in [0.2, 0.25) is 16.8 Å². The maximum Gasteiger partial charge on any atom is 0.321 e. The van der Waals surface area contributed by atoms with E-state index in [0.29, 0.717) is 11.5 Å². The molecule has 18 heavy (non-hydrogen) atoms. The summed E-state index contributed by atoms with van der Waals surface area (Å²) < 4.78 is 35.9. The fourth-order valence-corrected chi connectivity index (χ4v) is 2.61. The smallest absolute Gasteiger partial charge is 0.321 e. The molecule has 0 aliphatic carbocycles. The molecule has 1 atom stereocenters. The Kier molecular flexibility index (Phi) is 3.14. The van der Waals surface area contributed by atoms with Crippen molar-refractivity contribution in [2.45, 2.75) is 17.9 Å². The Bertz CT molecular complexity index is 582. The molecule has 0 aromatic heterocycles. The van der Waals surface area contributed by atoms with Crippen molar-refractivity contribution in [3.05, 3.63) is 18.2 Å². The molecule has 2 rings (SSSR count). The van der Waals surface area contributed by atoms with Crippen LogP contribution in [-0.4, -0.2) is 32.3 Å². The molecule has 0 saturated heterocycles. The number of fused-ring (bicyclic) bond motifs is 1. The zero-order valence-electron chi connectivity index (χ0n) is 9.41. The molecular weight excluding hydrogens is 262 g/mol. The van der Waals surface area contributed by atoms with Crippen molar-refractivity contribution in [3.8, 4) is 11.5 Å². The van der Waals surface area contributed by atoms with Gasteiger partial charge in [-0.15, -0.1) is 0 Å². The van der Waals surface area contributed by atoms with Gasteiger partial charge in [0.25, 0.3) is 0 Å². The van der Waals surface area contributed by atoms with Crippen molar-refractivity contribution in [3.63, 3.8) is 0 Å². The topological polar surface area (TPSA) is 102 Å². The lowest BCUT2D eigenvalue weighted by atomic mass is 10.3. The molecule has 1 aromatic carbocycles. The highest BCUT2D eigenvalue weighted by molar-refractivity contribution is 7.89. The standard InChI is InChI=1S/C10H11NO6S/c1-6(10(12)13)11-18(14,15)7-2-3-8-9(4-7)17-5-16-8/h2-4,6,11H,5H2,1H3,(H,12,13)/t6-/m1/s1. The first-order chi connectivity index (χ1) is 8.40. The van der Waals surface area contributed by atoms with E-state index < -0.39 is 22.0 Å². The van der Waals surface area contributed by atoms with E-state index in [1.807, 2.05) is 4.72 Å². The van der Waals surface area contributed by atoms with Gasteiger partial charge in [0.1, 0.15) is 6.04 Å². The van der Waals surface area contributed by atoms with Crippen LogP contribution in [0.5, 0.6) is 11.5 Å². The third kappa shape index (κ3) is 2.39. The highest BCUT2D eigenvalue weighted by Crippen LogP contribution is 2.33. The molecule has 0 saturated carbocycles. The molecule has 0 spiro atoms. The molecule has 1 aromatic rings. The number of hydrogen-bond acceptors (Lipinski definition) is 5. The number of carboxylic acid groups (broad SMARTS) is 1. The third-order valence-electron chi connectivity index (χ3n) is 2.36. The van der Waals surface area contributed by atoms with Gasteiger partial charge < -0.3 is 14.6 Å². The summed E-state index contributed by atoms with van der Waals surface area (Å²) in [6.45, 7) is 1.28. The van der Waals surface area contributed by atoms with Crippen LogP contribution >= 0.6 is 0 Å². The molecule has 0 radical (unpaired) electrons. The number of aliphatic carboxylic acids is 1. The van der Waals surface area contributed by atoms with Crippen LogP contribution in [0.15, 0.2) is 23.1 Å².